The van der Waals surface area contributed by atoms with Crippen molar-refractivity contribution >= 4 is 5.97 Å². The molecule has 104 valence electrons. The average Bonchev–Trinajstić information content (AvgIpc) is 2.52. The van der Waals surface area contributed by atoms with Gasteiger partial charge in [-0.1, -0.05) is 41.5 Å². The Bertz CT molecular complexity index is 332. The molecular weight excluding hydrogens is 224 g/mol. The van der Waals surface area contributed by atoms with E-state index in [9.17, 15) is 4.79 Å². The second-order valence-corrected chi connectivity index (χ2v) is 8.36. The van der Waals surface area contributed by atoms with Crippen LogP contribution in [0.15, 0.2) is 0 Å². The maximum absolute atomic E-state index is 11.6. The molecule has 1 aliphatic carbocycles. The number of carbonyl (C=O) groups is 1. The van der Waals surface area contributed by atoms with Crippen LogP contribution in [0.5, 0.6) is 0 Å². The zero-order valence-electron chi connectivity index (χ0n) is 12.7. The van der Waals surface area contributed by atoms with E-state index in [1.807, 2.05) is 0 Å². The molecule has 2 fully saturated rings. The first-order chi connectivity index (χ1) is 8.10. The molecule has 2 rings (SSSR count). The first-order valence-corrected chi connectivity index (χ1v) is 7.30. The maximum atomic E-state index is 11.6. The lowest BCUT2D eigenvalue weighted by Gasteiger charge is -2.50. The second kappa shape index (κ2) is 4.25. The fourth-order valence-electron chi connectivity index (χ4n) is 4.13. The molecule has 0 N–H and O–H groups in total. The van der Waals surface area contributed by atoms with Gasteiger partial charge in [0.05, 0.1) is 6.42 Å². The molecule has 0 amide bonds. The summed E-state index contributed by atoms with van der Waals surface area (Å²) in [4.78, 5) is 11.6. The lowest BCUT2D eigenvalue weighted by atomic mass is 9.56. The number of fused-ring (bicyclic) bond motifs is 1. The van der Waals surface area contributed by atoms with Crippen LogP contribution >= 0.6 is 0 Å². The van der Waals surface area contributed by atoms with E-state index in [4.69, 9.17) is 4.74 Å². The van der Waals surface area contributed by atoms with E-state index < -0.39 is 0 Å². The summed E-state index contributed by atoms with van der Waals surface area (Å²) >= 11 is 0. The minimum atomic E-state index is 0.0220. The van der Waals surface area contributed by atoms with E-state index in [2.05, 4.69) is 41.5 Å². The van der Waals surface area contributed by atoms with Crippen LogP contribution in [-0.4, -0.2) is 12.1 Å². The Balaban J connectivity index is 2.32. The SMILES string of the molecule is CC(C)(C)C1CCC2CC(=O)OC2C1C(C)(C)C. The number of hydrogen-bond donors (Lipinski definition) is 0. The van der Waals surface area contributed by atoms with Crippen molar-refractivity contribution in [3.8, 4) is 0 Å². The fraction of sp³-hybridized carbons (Fsp3) is 0.938. The quantitative estimate of drug-likeness (QED) is 0.608. The van der Waals surface area contributed by atoms with Gasteiger partial charge in [0.2, 0.25) is 0 Å². The Kier molecular flexibility index (Phi) is 3.28. The molecule has 0 aromatic carbocycles. The van der Waals surface area contributed by atoms with Crippen LogP contribution in [0.2, 0.25) is 0 Å². The van der Waals surface area contributed by atoms with Crippen molar-refractivity contribution in [3.05, 3.63) is 0 Å². The Morgan fingerprint density at radius 3 is 2.11 bits per heavy atom. The van der Waals surface area contributed by atoms with Crippen LogP contribution in [0.25, 0.3) is 0 Å². The van der Waals surface area contributed by atoms with Crippen LogP contribution in [-0.2, 0) is 9.53 Å². The predicted octanol–water partition coefficient (Wildman–Crippen LogP) is 4.04. The number of rotatable bonds is 0. The Labute approximate surface area is 111 Å². The van der Waals surface area contributed by atoms with Gasteiger partial charge in [-0.15, -0.1) is 0 Å². The van der Waals surface area contributed by atoms with Gasteiger partial charge >= 0.3 is 5.97 Å². The number of esters is 1. The maximum Gasteiger partial charge on any atom is 0.306 e. The minimum absolute atomic E-state index is 0.0220. The molecule has 0 radical (unpaired) electrons. The molecule has 0 aromatic heterocycles. The van der Waals surface area contributed by atoms with Gasteiger partial charge in [-0.25, -0.2) is 0 Å². The molecular formula is C16H28O2. The third-order valence-electron chi connectivity index (χ3n) is 4.91. The standard InChI is InChI=1S/C16H28O2/c1-15(2,3)11-8-7-10-9-12(17)18-14(10)13(11)16(4,5)6/h10-11,13-14H,7-9H2,1-6H3. The molecule has 2 nitrogen and oxygen atoms in total. The summed E-state index contributed by atoms with van der Waals surface area (Å²) in [5, 5.41) is 0. The van der Waals surface area contributed by atoms with Crippen LogP contribution in [0.4, 0.5) is 0 Å². The monoisotopic (exact) mass is 252 g/mol. The van der Waals surface area contributed by atoms with Gasteiger partial charge in [0, 0.05) is 11.8 Å². The van der Waals surface area contributed by atoms with Crippen molar-refractivity contribution in [1.29, 1.82) is 0 Å². The minimum Gasteiger partial charge on any atom is -0.462 e. The van der Waals surface area contributed by atoms with Crippen LogP contribution in [0.3, 0.4) is 0 Å². The molecule has 0 bridgehead atoms. The molecule has 1 saturated heterocycles. The second-order valence-electron chi connectivity index (χ2n) is 8.36. The van der Waals surface area contributed by atoms with Crippen molar-refractivity contribution < 1.29 is 9.53 Å². The molecule has 1 aliphatic heterocycles. The zero-order valence-corrected chi connectivity index (χ0v) is 12.7. The van der Waals surface area contributed by atoms with Gasteiger partial charge in [-0.2, -0.15) is 0 Å². The van der Waals surface area contributed by atoms with E-state index in [1.165, 1.54) is 6.42 Å². The van der Waals surface area contributed by atoms with Gasteiger partial charge in [0.1, 0.15) is 6.10 Å². The largest absolute Gasteiger partial charge is 0.462 e. The van der Waals surface area contributed by atoms with Crippen LogP contribution in [0.1, 0.15) is 60.8 Å². The molecule has 1 saturated carbocycles. The predicted molar refractivity (Wildman–Crippen MR) is 73.1 cm³/mol. The third kappa shape index (κ3) is 2.44. The van der Waals surface area contributed by atoms with E-state index in [0.717, 1.165) is 6.42 Å². The zero-order chi connectivity index (χ0) is 13.7. The molecule has 2 aliphatic rings. The lowest BCUT2D eigenvalue weighted by Crippen LogP contribution is -2.48. The van der Waals surface area contributed by atoms with Gasteiger partial charge in [0.25, 0.3) is 0 Å². The average molecular weight is 252 g/mol. The topological polar surface area (TPSA) is 26.3 Å². The Morgan fingerprint density at radius 1 is 1.00 bits per heavy atom. The molecule has 4 unspecified atom stereocenters. The van der Waals surface area contributed by atoms with Gasteiger partial charge < -0.3 is 4.74 Å². The van der Waals surface area contributed by atoms with Crippen molar-refractivity contribution in [2.24, 2.45) is 28.6 Å². The third-order valence-corrected chi connectivity index (χ3v) is 4.91. The summed E-state index contributed by atoms with van der Waals surface area (Å²) in [6, 6.07) is 0. The Hall–Kier alpha value is -0.530. The molecule has 1 heterocycles. The normalized spacial score (nSPS) is 37.3. The summed E-state index contributed by atoms with van der Waals surface area (Å²) in [7, 11) is 0. The first kappa shape index (κ1) is 13.9. The molecule has 0 aromatic rings. The Morgan fingerprint density at radius 2 is 1.61 bits per heavy atom. The number of carbonyl (C=O) groups excluding carboxylic acids is 1. The number of hydrogen-bond acceptors (Lipinski definition) is 2. The first-order valence-electron chi connectivity index (χ1n) is 7.30. The van der Waals surface area contributed by atoms with Gasteiger partial charge in [-0.05, 0) is 29.6 Å². The van der Waals surface area contributed by atoms with E-state index in [1.54, 1.807) is 0 Å². The van der Waals surface area contributed by atoms with E-state index in [-0.39, 0.29) is 22.9 Å². The summed E-state index contributed by atoms with van der Waals surface area (Å²) < 4.78 is 5.69. The summed E-state index contributed by atoms with van der Waals surface area (Å²) in [5.41, 5.74) is 0.490. The summed E-state index contributed by atoms with van der Waals surface area (Å²) in [5.74, 6) is 1.63. The van der Waals surface area contributed by atoms with Crippen molar-refractivity contribution in [2.75, 3.05) is 0 Å². The molecule has 2 heteroatoms. The van der Waals surface area contributed by atoms with Gasteiger partial charge in [-0.3, -0.25) is 4.79 Å². The van der Waals surface area contributed by atoms with Crippen LogP contribution in [0, 0.1) is 28.6 Å². The molecule has 0 spiro atoms. The smallest absolute Gasteiger partial charge is 0.306 e. The van der Waals surface area contributed by atoms with Crippen molar-refractivity contribution in [2.45, 2.75) is 66.9 Å². The summed E-state index contributed by atoms with van der Waals surface area (Å²) in [6.07, 6.45) is 3.21. The lowest BCUT2D eigenvalue weighted by molar-refractivity contribution is -0.150. The molecule has 4 atom stereocenters. The molecule has 18 heavy (non-hydrogen) atoms. The van der Waals surface area contributed by atoms with E-state index >= 15 is 0 Å². The van der Waals surface area contributed by atoms with Crippen molar-refractivity contribution in [1.82, 2.24) is 0 Å². The van der Waals surface area contributed by atoms with E-state index in [0.29, 0.717) is 24.2 Å². The van der Waals surface area contributed by atoms with Crippen LogP contribution < -0.4 is 0 Å². The number of ether oxygens (including phenoxy) is 1. The highest BCUT2D eigenvalue weighted by Gasteiger charge is 2.53. The highest BCUT2D eigenvalue weighted by atomic mass is 16.6. The van der Waals surface area contributed by atoms with Crippen molar-refractivity contribution in [3.63, 3.8) is 0 Å². The highest BCUT2D eigenvalue weighted by molar-refractivity contribution is 5.72. The fourth-order valence-corrected chi connectivity index (χ4v) is 4.13. The van der Waals surface area contributed by atoms with Gasteiger partial charge in [0.15, 0.2) is 0 Å². The summed E-state index contributed by atoms with van der Waals surface area (Å²) in [6.45, 7) is 13.9. The highest BCUT2D eigenvalue weighted by Crippen LogP contribution is 2.53.